The minimum atomic E-state index is -0.333. The predicted molar refractivity (Wildman–Crippen MR) is 55.8 cm³/mol. The van der Waals surface area contributed by atoms with Crippen molar-refractivity contribution in [3.63, 3.8) is 0 Å². The monoisotopic (exact) mass is 195 g/mol. The van der Waals surface area contributed by atoms with Gasteiger partial charge < -0.3 is 21.5 Å². The lowest BCUT2D eigenvalue weighted by molar-refractivity contribution is -0.138. The van der Waals surface area contributed by atoms with Crippen molar-refractivity contribution < 1.29 is 9.53 Å². The summed E-state index contributed by atoms with van der Waals surface area (Å²) in [5, 5.41) is 2.85. The number of carbonyl (C=O) groups is 1. The minimum absolute atomic E-state index is 0.111. The Morgan fingerprint density at radius 1 is 1.43 bits per heavy atom. The average Bonchev–Trinajstić information content (AvgIpc) is 2.19. The predicted octanol–water partition coefficient (Wildman–Crippen LogP) is 0.436. The van der Waals surface area contributed by atoms with Crippen molar-refractivity contribution in [2.75, 3.05) is 30.4 Å². The number of methoxy groups -OCH3 is 1. The van der Waals surface area contributed by atoms with E-state index in [2.05, 4.69) is 10.1 Å². The second-order valence-corrected chi connectivity index (χ2v) is 2.77. The third kappa shape index (κ3) is 2.55. The quantitative estimate of drug-likeness (QED) is 0.481. The second kappa shape index (κ2) is 4.36. The summed E-state index contributed by atoms with van der Waals surface area (Å²) in [6.45, 7) is 0.111. The zero-order chi connectivity index (χ0) is 10.6. The molecule has 0 fully saturated rings. The molecule has 0 heterocycles. The molecule has 0 radical (unpaired) electrons. The van der Waals surface area contributed by atoms with Gasteiger partial charge >= 0.3 is 5.97 Å². The van der Waals surface area contributed by atoms with Gasteiger partial charge in [0.1, 0.15) is 6.54 Å². The third-order valence-corrected chi connectivity index (χ3v) is 1.75. The molecular weight excluding hydrogens is 182 g/mol. The number of anilines is 3. The molecule has 14 heavy (non-hydrogen) atoms. The largest absolute Gasteiger partial charge is 0.468 e. The van der Waals surface area contributed by atoms with Crippen molar-refractivity contribution >= 4 is 23.0 Å². The van der Waals surface area contributed by atoms with Crippen LogP contribution in [0.15, 0.2) is 18.2 Å². The Hall–Kier alpha value is -1.91. The number of rotatable bonds is 3. The SMILES string of the molecule is COC(=O)CNc1ccc(N)c(N)c1. The summed E-state index contributed by atoms with van der Waals surface area (Å²) < 4.78 is 4.47. The van der Waals surface area contributed by atoms with Gasteiger partial charge in [0.15, 0.2) is 0 Å². The molecule has 0 aliphatic heterocycles. The molecule has 0 amide bonds. The first kappa shape index (κ1) is 10.2. The van der Waals surface area contributed by atoms with E-state index >= 15 is 0 Å². The molecule has 0 aliphatic rings. The fourth-order valence-electron chi connectivity index (χ4n) is 0.931. The normalized spacial score (nSPS) is 9.50. The van der Waals surface area contributed by atoms with Crippen LogP contribution in [-0.4, -0.2) is 19.6 Å². The van der Waals surface area contributed by atoms with E-state index in [9.17, 15) is 4.79 Å². The van der Waals surface area contributed by atoms with Gasteiger partial charge in [-0.25, -0.2) is 0 Å². The average molecular weight is 195 g/mol. The lowest BCUT2D eigenvalue weighted by atomic mass is 10.2. The van der Waals surface area contributed by atoms with Crippen LogP contribution in [0.1, 0.15) is 0 Å². The number of ether oxygens (including phenoxy) is 1. The fourth-order valence-corrected chi connectivity index (χ4v) is 0.931. The summed E-state index contributed by atoms with van der Waals surface area (Å²) >= 11 is 0. The van der Waals surface area contributed by atoms with Gasteiger partial charge in [0, 0.05) is 5.69 Å². The van der Waals surface area contributed by atoms with Crippen molar-refractivity contribution in [1.29, 1.82) is 0 Å². The van der Waals surface area contributed by atoms with Gasteiger partial charge in [0.2, 0.25) is 0 Å². The smallest absolute Gasteiger partial charge is 0.325 e. The Morgan fingerprint density at radius 2 is 2.14 bits per heavy atom. The Bertz CT molecular complexity index is 339. The van der Waals surface area contributed by atoms with Gasteiger partial charge in [0.25, 0.3) is 0 Å². The van der Waals surface area contributed by atoms with Crippen molar-refractivity contribution in [2.24, 2.45) is 0 Å². The van der Waals surface area contributed by atoms with Crippen LogP contribution >= 0.6 is 0 Å². The van der Waals surface area contributed by atoms with E-state index in [0.29, 0.717) is 11.4 Å². The molecule has 0 unspecified atom stereocenters. The molecule has 5 N–H and O–H groups in total. The summed E-state index contributed by atoms with van der Waals surface area (Å²) in [6, 6.07) is 5.09. The van der Waals surface area contributed by atoms with Crippen LogP contribution in [0.25, 0.3) is 0 Å². The van der Waals surface area contributed by atoms with Crippen molar-refractivity contribution in [3.05, 3.63) is 18.2 Å². The van der Waals surface area contributed by atoms with Crippen molar-refractivity contribution in [2.45, 2.75) is 0 Å². The number of nitrogen functional groups attached to an aromatic ring is 2. The van der Waals surface area contributed by atoms with E-state index in [-0.39, 0.29) is 12.5 Å². The highest BCUT2D eigenvalue weighted by molar-refractivity contribution is 5.76. The fraction of sp³-hybridized carbons (Fsp3) is 0.222. The number of esters is 1. The minimum Gasteiger partial charge on any atom is -0.468 e. The van der Waals surface area contributed by atoms with Crippen LogP contribution in [0.2, 0.25) is 0 Å². The van der Waals surface area contributed by atoms with Crippen LogP contribution in [0.5, 0.6) is 0 Å². The molecule has 0 aromatic heterocycles. The second-order valence-electron chi connectivity index (χ2n) is 2.77. The van der Waals surface area contributed by atoms with Gasteiger partial charge in [0.05, 0.1) is 18.5 Å². The molecule has 0 aliphatic carbocycles. The van der Waals surface area contributed by atoms with E-state index in [0.717, 1.165) is 5.69 Å². The highest BCUT2D eigenvalue weighted by Gasteiger charge is 2.00. The van der Waals surface area contributed by atoms with E-state index < -0.39 is 0 Å². The van der Waals surface area contributed by atoms with E-state index in [4.69, 9.17) is 11.5 Å². The Kier molecular flexibility index (Phi) is 3.17. The molecule has 5 heteroatoms. The maximum absolute atomic E-state index is 10.8. The molecule has 1 rings (SSSR count). The van der Waals surface area contributed by atoms with Gasteiger partial charge in [-0.05, 0) is 18.2 Å². The number of nitrogens with one attached hydrogen (secondary N) is 1. The van der Waals surface area contributed by atoms with Crippen LogP contribution in [-0.2, 0) is 9.53 Å². The highest BCUT2D eigenvalue weighted by Crippen LogP contribution is 2.19. The molecule has 76 valence electrons. The summed E-state index contributed by atoms with van der Waals surface area (Å²) in [6.07, 6.45) is 0. The van der Waals surface area contributed by atoms with Crippen molar-refractivity contribution in [1.82, 2.24) is 0 Å². The molecule has 5 nitrogen and oxygen atoms in total. The number of nitrogens with two attached hydrogens (primary N) is 2. The Balaban J connectivity index is 2.60. The van der Waals surface area contributed by atoms with Crippen LogP contribution < -0.4 is 16.8 Å². The zero-order valence-corrected chi connectivity index (χ0v) is 7.91. The van der Waals surface area contributed by atoms with Gasteiger partial charge in [-0.15, -0.1) is 0 Å². The van der Waals surface area contributed by atoms with Crippen molar-refractivity contribution in [3.8, 4) is 0 Å². The molecule has 0 saturated carbocycles. The summed E-state index contributed by atoms with van der Waals surface area (Å²) in [5.74, 6) is -0.333. The lowest BCUT2D eigenvalue weighted by Gasteiger charge is -2.06. The topological polar surface area (TPSA) is 90.4 Å². The number of hydrogen-bond donors (Lipinski definition) is 3. The van der Waals surface area contributed by atoms with Crippen LogP contribution in [0, 0.1) is 0 Å². The molecule has 1 aromatic carbocycles. The lowest BCUT2D eigenvalue weighted by Crippen LogP contribution is -2.15. The first-order chi connectivity index (χ1) is 6.63. The zero-order valence-electron chi connectivity index (χ0n) is 7.91. The number of carbonyl (C=O) groups excluding carboxylic acids is 1. The van der Waals surface area contributed by atoms with Crippen LogP contribution in [0.4, 0.5) is 17.1 Å². The summed E-state index contributed by atoms with van der Waals surface area (Å²) in [4.78, 5) is 10.8. The first-order valence-corrected chi connectivity index (χ1v) is 4.09. The molecule has 0 bridgehead atoms. The maximum Gasteiger partial charge on any atom is 0.325 e. The van der Waals surface area contributed by atoms with Gasteiger partial charge in [-0.3, -0.25) is 4.79 Å². The highest BCUT2D eigenvalue weighted by atomic mass is 16.5. The molecule has 1 aromatic rings. The van der Waals surface area contributed by atoms with E-state index in [1.807, 2.05) is 0 Å². The van der Waals surface area contributed by atoms with Crippen LogP contribution in [0.3, 0.4) is 0 Å². The van der Waals surface area contributed by atoms with Gasteiger partial charge in [-0.2, -0.15) is 0 Å². The van der Waals surface area contributed by atoms with E-state index in [1.54, 1.807) is 18.2 Å². The maximum atomic E-state index is 10.8. The summed E-state index contributed by atoms with van der Waals surface area (Å²) in [7, 11) is 1.33. The Labute approximate surface area is 82.0 Å². The molecular formula is C9H13N3O2. The summed E-state index contributed by atoms with van der Waals surface area (Å²) in [5.41, 5.74) is 12.9. The number of hydrogen-bond acceptors (Lipinski definition) is 5. The molecule has 0 saturated heterocycles. The molecule has 0 atom stereocenters. The standard InChI is InChI=1S/C9H13N3O2/c1-14-9(13)5-12-6-2-3-7(10)8(11)4-6/h2-4,12H,5,10-11H2,1H3. The van der Waals surface area contributed by atoms with E-state index in [1.165, 1.54) is 7.11 Å². The van der Waals surface area contributed by atoms with Gasteiger partial charge in [-0.1, -0.05) is 0 Å². The third-order valence-electron chi connectivity index (χ3n) is 1.75. The Morgan fingerprint density at radius 3 is 2.71 bits per heavy atom. The molecule has 0 spiro atoms. The number of benzene rings is 1. The first-order valence-electron chi connectivity index (χ1n) is 4.09.